The van der Waals surface area contributed by atoms with Crippen LogP contribution >= 0.6 is 0 Å². The number of carbonyl (C=O) groups is 3. The van der Waals surface area contributed by atoms with Crippen molar-refractivity contribution >= 4 is 23.4 Å². The van der Waals surface area contributed by atoms with E-state index in [1.54, 1.807) is 24.3 Å². The van der Waals surface area contributed by atoms with Crippen molar-refractivity contribution < 1.29 is 14.4 Å². The molecule has 5 rings (SSSR count). The van der Waals surface area contributed by atoms with Crippen LogP contribution in [-0.4, -0.2) is 23.8 Å². The number of para-hydroxylation sites is 1. The first-order chi connectivity index (χ1) is 15.9. The van der Waals surface area contributed by atoms with Crippen LogP contribution in [0.2, 0.25) is 0 Å². The van der Waals surface area contributed by atoms with E-state index in [1.807, 2.05) is 36.4 Å². The van der Waals surface area contributed by atoms with Gasteiger partial charge in [0.25, 0.3) is 5.91 Å². The molecule has 33 heavy (non-hydrogen) atoms. The molecule has 2 atom stereocenters. The predicted octanol–water partition coefficient (Wildman–Crippen LogP) is 4.74. The molecule has 0 radical (unpaired) electrons. The highest BCUT2D eigenvalue weighted by Gasteiger charge is 2.55. The second kappa shape index (κ2) is 8.09. The lowest BCUT2D eigenvalue weighted by atomic mass is 9.97. The first-order valence-corrected chi connectivity index (χ1v) is 11.5. The molecule has 2 bridgehead atoms. The Labute approximate surface area is 193 Å². The van der Waals surface area contributed by atoms with Gasteiger partial charge >= 0.3 is 11.8 Å². The molecule has 0 aliphatic carbocycles. The maximum Gasteiger partial charge on any atom is 0.359 e. The molecule has 0 saturated carbocycles. The van der Waals surface area contributed by atoms with Gasteiger partial charge in [0.1, 0.15) is 12.6 Å². The normalized spacial score (nSPS) is 22.0. The molecule has 3 aromatic rings. The Kier molecular flexibility index (Phi) is 5.22. The zero-order chi connectivity index (χ0) is 23.2. The molecule has 3 aromatic carbocycles. The number of fused-ring (bicyclic) bond motifs is 5. The number of imide groups is 1. The van der Waals surface area contributed by atoms with Gasteiger partial charge in [-0.1, -0.05) is 68.4 Å². The first kappa shape index (κ1) is 21.3. The van der Waals surface area contributed by atoms with Gasteiger partial charge in [-0.05, 0) is 36.5 Å². The maximum atomic E-state index is 14.3. The molecule has 5 heteroatoms. The zero-order valence-electron chi connectivity index (χ0n) is 18.9. The number of nitrogens with one attached hydrogen (secondary N) is 1. The zero-order valence-corrected chi connectivity index (χ0v) is 18.9. The molecular weight excluding hydrogens is 412 g/mol. The molecule has 3 amide bonds. The Morgan fingerprint density at radius 3 is 2.27 bits per heavy atom. The minimum atomic E-state index is -0.739. The second-order valence-electron chi connectivity index (χ2n) is 9.25. The van der Waals surface area contributed by atoms with Crippen LogP contribution in [0.3, 0.4) is 0 Å². The summed E-state index contributed by atoms with van der Waals surface area (Å²) in [6.07, 6.45) is 1.08. The second-order valence-corrected chi connectivity index (χ2v) is 9.25. The third-order valence-electron chi connectivity index (χ3n) is 6.90. The summed E-state index contributed by atoms with van der Waals surface area (Å²) in [5.74, 6) is -0.609. The van der Waals surface area contributed by atoms with Crippen molar-refractivity contribution in [1.29, 1.82) is 0 Å². The van der Waals surface area contributed by atoms with Crippen molar-refractivity contribution in [2.24, 2.45) is 0 Å². The van der Waals surface area contributed by atoms with E-state index in [4.69, 9.17) is 0 Å². The third-order valence-corrected chi connectivity index (χ3v) is 6.90. The summed E-state index contributed by atoms with van der Waals surface area (Å²) >= 11 is 0. The van der Waals surface area contributed by atoms with Crippen molar-refractivity contribution in [2.45, 2.75) is 45.2 Å². The fourth-order valence-electron chi connectivity index (χ4n) is 5.07. The Morgan fingerprint density at radius 2 is 1.55 bits per heavy atom. The largest absolute Gasteiger partial charge is 0.359 e. The molecular formula is C28H27N2O3+. The quantitative estimate of drug-likeness (QED) is 0.474. The Hall–Kier alpha value is -3.57. The average molecular weight is 440 g/mol. The van der Waals surface area contributed by atoms with Crippen molar-refractivity contribution in [1.82, 2.24) is 9.80 Å². The number of quaternary nitrogens is 1. The number of rotatable bonds is 3. The monoisotopic (exact) mass is 439 g/mol. The summed E-state index contributed by atoms with van der Waals surface area (Å²) in [6.45, 7) is 4.47. The predicted molar refractivity (Wildman–Crippen MR) is 128 cm³/mol. The van der Waals surface area contributed by atoms with Gasteiger partial charge < -0.3 is 5.32 Å². The lowest BCUT2D eigenvalue weighted by molar-refractivity contribution is -0.130. The number of hydrogen-bond donors (Lipinski definition) is 1. The molecule has 1 N–H and O–H groups in total. The summed E-state index contributed by atoms with van der Waals surface area (Å²) < 4.78 is -0.459. The van der Waals surface area contributed by atoms with E-state index in [-0.39, 0.29) is 29.8 Å². The standard InChI is InChI=1S/C28H26N2O3/c1-18(2)20-13-11-19(12-14-20)17-30-25-10-6-3-7-21(25)15-16-24(28(30)33)29-26(31)22-8-4-5-9-23(22)27(30)32/h3-14,18,24H,15-17H2,1-2H3/p+1/t24-,30-/m0/s1. The van der Waals surface area contributed by atoms with Crippen LogP contribution in [0, 0.1) is 0 Å². The Balaban J connectivity index is 1.77. The highest BCUT2D eigenvalue weighted by molar-refractivity contribution is 6.22. The van der Waals surface area contributed by atoms with Gasteiger partial charge in [0, 0.05) is 17.2 Å². The molecule has 0 fully saturated rings. The number of benzene rings is 3. The fourth-order valence-corrected chi connectivity index (χ4v) is 5.07. The van der Waals surface area contributed by atoms with E-state index in [1.165, 1.54) is 5.56 Å². The Morgan fingerprint density at radius 1 is 0.879 bits per heavy atom. The summed E-state index contributed by atoms with van der Waals surface area (Å²) in [7, 11) is 0. The minimum absolute atomic E-state index is 0.202. The van der Waals surface area contributed by atoms with Gasteiger partial charge in [-0.3, -0.25) is 4.79 Å². The van der Waals surface area contributed by atoms with Gasteiger partial charge in [-0.15, -0.1) is 0 Å². The smallest absolute Gasteiger partial charge is 0.337 e. The molecule has 2 aliphatic rings. The van der Waals surface area contributed by atoms with Crippen LogP contribution in [0.4, 0.5) is 5.69 Å². The van der Waals surface area contributed by atoms with Crippen molar-refractivity contribution in [2.75, 3.05) is 0 Å². The van der Waals surface area contributed by atoms with Gasteiger partial charge in [0.2, 0.25) is 0 Å². The van der Waals surface area contributed by atoms with Crippen LogP contribution < -0.4 is 9.80 Å². The number of amides is 3. The molecule has 0 aromatic heterocycles. The van der Waals surface area contributed by atoms with E-state index in [0.717, 1.165) is 11.1 Å². The SMILES string of the molecule is CC(C)c1ccc(C[N@@+]23C(=O)c4ccccc4C(=O)N[C@@H](CCc4ccccc42)C3=O)cc1. The van der Waals surface area contributed by atoms with E-state index < -0.39 is 10.5 Å². The van der Waals surface area contributed by atoms with Crippen molar-refractivity contribution in [3.05, 3.63) is 101 Å². The highest BCUT2D eigenvalue weighted by atomic mass is 16.2. The molecule has 0 spiro atoms. The average Bonchev–Trinajstić information content (AvgIpc) is 2.95. The topological polar surface area (TPSA) is 63.2 Å². The van der Waals surface area contributed by atoms with E-state index in [9.17, 15) is 14.4 Å². The summed E-state index contributed by atoms with van der Waals surface area (Å²) in [5, 5.41) is 2.93. The number of nitrogens with zero attached hydrogens (tertiary/aromatic N) is 1. The summed E-state index contributed by atoms with van der Waals surface area (Å²) in [5.41, 5.74) is 4.37. The molecule has 2 heterocycles. The van der Waals surface area contributed by atoms with Crippen molar-refractivity contribution in [3.63, 3.8) is 0 Å². The third kappa shape index (κ3) is 3.40. The summed E-state index contributed by atoms with van der Waals surface area (Å²) in [4.78, 5) is 41.5. The van der Waals surface area contributed by atoms with Crippen LogP contribution in [0.25, 0.3) is 0 Å². The van der Waals surface area contributed by atoms with Crippen molar-refractivity contribution in [3.8, 4) is 0 Å². The highest BCUT2D eigenvalue weighted by Crippen LogP contribution is 2.39. The van der Waals surface area contributed by atoms with Gasteiger partial charge in [-0.25, -0.2) is 9.59 Å². The van der Waals surface area contributed by atoms with E-state index in [2.05, 4.69) is 31.3 Å². The lowest BCUT2D eigenvalue weighted by Crippen LogP contribution is -2.65. The number of carbonyl (C=O) groups excluding carboxylic acids is 3. The Bertz CT molecular complexity index is 1260. The number of hydrogen-bond acceptors (Lipinski definition) is 3. The summed E-state index contributed by atoms with van der Waals surface area (Å²) in [6, 6.07) is 21.9. The fraction of sp³-hybridized carbons (Fsp3) is 0.250. The van der Waals surface area contributed by atoms with Crippen LogP contribution in [0.5, 0.6) is 0 Å². The molecule has 5 nitrogen and oxygen atoms in total. The molecule has 0 unspecified atom stereocenters. The van der Waals surface area contributed by atoms with E-state index >= 15 is 0 Å². The van der Waals surface area contributed by atoms with Gasteiger partial charge in [-0.2, -0.15) is 4.48 Å². The van der Waals surface area contributed by atoms with Crippen LogP contribution in [0.1, 0.15) is 63.6 Å². The molecule has 0 saturated heterocycles. The maximum absolute atomic E-state index is 14.3. The van der Waals surface area contributed by atoms with Gasteiger partial charge in [0.05, 0.1) is 11.1 Å². The minimum Gasteiger partial charge on any atom is -0.337 e. The van der Waals surface area contributed by atoms with Crippen LogP contribution in [0.15, 0.2) is 72.8 Å². The van der Waals surface area contributed by atoms with Gasteiger partial charge in [0.15, 0.2) is 5.69 Å². The molecule has 166 valence electrons. The van der Waals surface area contributed by atoms with E-state index in [0.29, 0.717) is 30.0 Å². The number of aryl methyl sites for hydroxylation is 1. The lowest BCUT2D eigenvalue weighted by Gasteiger charge is -2.36. The van der Waals surface area contributed by atoms with Crippen LogP contribution in [-0.2, 0) is 17.8 Å². The first-order valence-electron chi connectivity index (χ1n) is 11.5. The molecule has 2 aliphatic heterocycles.